The van der Waals surface area contributed by atoms with Gasteiger partial charge >= 0.3 is 0 Å². The smallest absolute Gasteiger partial charge is 0.115 e. The van der Waals surface area contributed by atoms with Crippen LogP contribution in [0.1, 0.15) is 5.56 Å². The SMILES string of the molecule is CNCc1cncnc1.Cl.Cl. The fourth-order valence-corrected chi connectivity index (χ4v) is 0.625. The van der Waals surface area contributed by atoms with Gasteiger partial charge in [-0.3, -0.25) is 0 Å². The van der Waals surface area contributed by atoms with E-state index in [2.05, 4.69) is 15.3 Å². The average molecular weight is 196 g/mol. The summed E-state index contributed by atoms with van der Waals surface area (Å²) in [6.07, 6.45) is 5.12. The molecule has 1 aromatic heterocycles. The molecule has 0 amide bonds. The van der Waals surface area contributed by atoms with Gasteiger partial charge < -0.3 is 5.32 Å². The van der Waals surface area contributed by atoms with Gasteiger partial charge in [0, 0.05) is 24.5 Å². The van der Waals surface area contributed by atoms with Crippen LogP contribution >= 0.6 is 24.8 Å². The molecule has 0 atom stereocenters. The Morgan fingerprint density at radius 3 is 2.27 bits per heavy atom. The number of nitrogens with zero attached hydrogens (tertiary/aromatic N) is 2. The van der Waals surface area contributed by atoms with Gasteiger partial charge in [0.1, 0.15) is 6.33 Å². The third-order valence-corrected chi connectivity index (χ3v) is 0.995. The van der Waals surface area contributed by atoms with Crippen molar-refractivity contribution in [1.82, 2.24) is 15.3 Å². The molecule has 0 radical (unpaired) electrons. The molecule has 0 aliphatic heterocycles. The molecule has 0 fully saturated rings. The summed E-state index contributed by atoms with van der Waals surface area (Å²) in [6.45, 7) is 0.834. The van der Waals surface area contributed by atoms with Gasteiger partial charge in [0.05, 0.1) is 0 Å². The number of rotatable bonds is 2. The van der Waals surface area contributed by atoms with E-state index in [1.54, 1.807) is 12.4 Å². The highest BCUT2D eigenvalue weighted by Gasteiger charge is 1.85. The van der Waals surface area contributed by atoms with Crippen molar-refractivity contribution in [3.05, 3.63) is 24.3 Å². The van der Waals surface area contributed by atoms with E-state index in [1.165, 1.54) is 6.33 Å². The summed E-state index contributed by atoms with van der Waals surface area (Å²) >= 11 is 0. The predicted molar refractivity (Wildman–Crippen MR) is 49.3 cm³/mol. The zero-order valence-electron chi connectivity index (χ0n) is 6.15. The minimum Gasteiger partial charge on any atom is -0.316 e. The Labute approximate surface area is 78.5 Å². The molecule has 0 aliphatic carbocycles. The number of aromatic nitrogens is 2. The van der Waals surface area contributed by atoms with E-state index in [0.29, 0.717) is 0 Å². The molecule has 3 nitrogen and oxygen atoms in total. The lowest BCUT2D eigenvalue weighted by Crippen LogP contribution is -2.05. The fourth-order valence-electron chi connectivity index (χ4n) is 0.625. The van der Waals surface area contributed by atoms with Gasteiger partial charge in [-0.15, -0.1) is 24.8 Å². The Kier molecular flexibility index (Phi) is 9.29. The molecule has 1 heterocycles. The summed E-state index contributed by atoms with van der Waals surface area (Å²) in [6, 6.07) is 0. The summed E-state index contributed by atoms with van der Waals surface area (Å²) in [5.41, 5.74) is 1.11. The number of hydrogen-bond acceptors (Lipinski definition) is 3. The largest absolute Gasteiger partial charge is 0.316 e. The van der Waals surface area contributed by atoms with E-state index in [-0.39, 0.29) is 24.8 Å². The molecule has 11 heavy (non-hydrogen) atoms. The summed E-state index contributed by atoms with van der Waals surface area (Å²) in [7, 11) is 1.90. The number of halogens is 2. The molecule has 1 N–H and O–H groups in total. The zero-order valence-corrected chi connectivity index (χ0v) is 7.78. The number of hydrogen-bond donors (Lipinski definition) is 1. The molecular formula is C6H11Cl2N3. The Balaban J connectivity index is 0. The van der Waals surface area contributed by atoms with Crippen LogP contribution < -0.4 is 5.32 Å². The normalized spacial score (nSPS) is 7.73. The fraction of sp³-hybridized carbons (Fsp3) is 0.333. The molecule has 0 aromatic carbocycles. The van der Waals surface area contributed by atoms with Crippen molar-refractivity contribution in [2.24, 2.45) is 0 Å². The first-order valence-corrected chi connectivity index (χ1v) is 2.82. The molecule has 5 heteroatoms. The molecular weight excluding hydrogens is 185 g/mol. The van der Waals surface area contributed by atoms with Crippen LogP contribution in [0.25, 0.3) is 0 Å². The van der Waals surface area contributed by atoms with Gasteiger partial charge in [-0.1, -0.05) is 0 Å². The summed E-state index contributed by atoms with van der Waals surface area (Å²) in [4.78, 5) is 7.70. The van der Waals surface area contributed by atoms with Crippen molar-refractivity contribution in [3.63, 3.8) is 0 Å². The lowest BCUT2D eigenvalue weighted by atomic mass is 10.3. The topological polar surface area (TPSA) is 37.8 Å². The first kappa shape index (κ1) is 13.2. The summed E-state index contributed by atoms with van der Waals surface area (Å²) < 4.78 is 0. The maximum absolute atomic E-state index is 3.85. The molecule has 64 valence electrons. The van der Waals surface area contributed by atoms with Crippen LogP contribution in [0.5, 0.6) is 0 Å². The monoisotopic (exact) mass is 195 g/mol. The van der Waals surface area contributed by atoms with Crippen molar-refractivity contribution in [2.45, 2.75) is 6.54 Å². The molecule has 0 spiro atoms. The predicted octanol–water partition coefficient (Wildman–Crippen LogP) is 1.04. The van der Waals surface area contributed by atoms with Crippen LogP contribution in [-0.2, 0) is 6.54 Å². The lowest BCUT2D eigenvalue weighted by Gasteiger charge is -1.94. The van der Waals surface area contributed by atoms with E-state index in [1.807, 2.05) is 7.05 Å². The van der Waals surface area contributed by atoms with Crippen LogP contribution in [0.2, 0.25) is 0 Å². The Bertz CT molecular complexity index is 169. The second-order valence-electron chi connectivity index (χ2n) is 1.78. The maximum atomic E-state index is 3.85. The molecule has 0 unspecified atom stereocenters. The van der Waals surface area contributed by atoms with Gasteiger partial charge in [0.25, 0.3) is 0 Å². The van der Waals surface area contributed by atoms with Crippen LogP contribution in [0.15, 0.2) is 18.7 Å². The first-order chi connectivity index (χ1) is 4.43. The van der Waals surface area contributed by atoms with Gasteiger partial charge in [0.2, 0.25) is 0 Å². The van der Waals surface area contributed by atoms with Gasteiger partial charge in [-0.05, 0) is 7.05 Å². The molecule has 1 rings (SSSR count). The van der Waals surface area contributed by atoms with Crippen molar-refractivity contribution < 1.29 is 0 Å². The van der Waals surface area contributed by atoms with E-state index < -0.39 is 0 Å². The molecule has 0 bridgehead atoms. The number of nitrogens with one attached hydrogen (secondary N) is 1. The minimum absolute atomic E-state index is 0. The quantitative estimate of drug-likeness (QED) is 0.767. The average Bonchev–Trinajstić information content (AvgIpc) is 1.91. The molecule has 0 aliphatic rings. The third kappa shape index (κ3) is 4.95. The maximum Gasteiger partial charge on any atom is 0.115 e. The molecule has 1 aromatic rings. The minimum atomic E-state index is 0. The third-order valence-electron chi connectivity index (χ3n) is 0.995. The first-order valence-electron chi connectivity index (χ1n) is 2.82. The van der Waals surface area contributed by atoms with E-state index >= 15 is 0 Å². The van der Waals surface area contributed by atoms with Crippen LogP contribution in [0.4, 0.5) is 0 Å². The summed E-state index contributed by atoms with van der Waals surface area (Å²) in [5.74, 6) is 0. The van der Waals surface area contributed by atoms with Gasteiger partial charge in [0.15, 0.2) is 0 Å². The lowest BCUT2D eigenvalue weighted by molar-refractivity contribution is 0.806. The Morgan fingerprint density at radius 2 is 1.82 bits per heavy atom. The van der Waals surface area contributed by atoms with E-state index in [4.69, 9.17) is 0 Å². The second-order valence-corrected chi connectivity index (χ2v) is 1.78. The van der Waals surface area contributed by atoms with Crippen LogP contribution in [0.3, 0.4) is 0 Å². The van der Waals surface area contributed by atoms with Crippen LogP contribution in [0, 0.1) is 0 Å². The van der Waals surface area contributed by atoms with E-state index in [0.717, 1.165) is 12.1 Å². The van der Waals surface area contributed by atoms with Gasteiger partial charge in [-0.2, -0.15) is 0 Å². The van der Waals surface area contributed by atoms with Crippen molar-refractivity contribution in [1.29, 1.82) is 0 Å². The van der Waals surface area contributed by atoms with Crippen molar-refractivity contribution in [2.75, 3.05) is 7.05 Å². The molecule has 0 saturated carbocycles. The Morgan fingerprint density at radius 1 is 1.27 bits per heavy atom. The van der Waals surface area contributed by atoms with E-state index in [9.17, 15) is 0 Å². The second kappa shape index (κ2) is 7.72. The highest BCUT2D eigenvalue weighted by atomic mass is 35.5. The van der Waals surface area contributed by atoms with Crippen molar-refractivity contribution in [3.8, 4) is 0 Å². The highest BCUT2D eigenvalue weighted by molar-refractivity contribution is 5.85. The van der Waals surface area contributed by atoms with Crippen LogP contribution in [-0.4, -0.2) is 17.0 Å². The highest BCUT2D eigenvalue weighted by Crippen LogP contribution is 1.89. The standard InChI is InChI=1S/C6H9N3.2ClH/c1-7-2-6-3-8-5-9-4-6;;/h3-5,7H,2H2,1H3;2*1H. The molecule has 0 saturated heterocycles. The zero-order chi connectivity index (χ0) is 6.53. The van der Waals surface area contributed by atoms with Gasteiger partial charge in [-0.25, -0.2) is 9.97 Å². The summed E-state index contributed by atoms with van der Waals surface area (Å²) in [5, 5.41) is 3.00. The Hall–Kier alpha value is -0.380. The van der Waals surface area contributed by atoms with Crippen molar-refractivity contribution >= 4 is 24.8 Å².